The van der Waals surface area contributed by atoms with Crippen LogP contribution >= 0.6 is 0 Å². The van der Waals surface area contributed by atoms with Crippen molar-refractivity contribution in [3.63, 3.8) is 0 Å². The molecular weight excluding hydrogens is 246 g/mol. The van der Waals surface area contributed by atoms with Crippen molar-refractivity contribution in [3.8, 4) is 0 Å². The van der Waals surface area contributed by atoms with E-state index in [1.807, 2.05) is 0 Å². The van der Waals surface area contributed by atoms with Gasteiger partial charge in [-0.25, -0.2) is 0 Å². The van der Waals surface area contributed by atoms with E-state index in [0.717, 1.165) is 24.3 Å². The Morgan fingerprint density at radius 1 is 1.25 bits per heavy atom. The summed E-state index contributed by atoms with van der Waals surface area (Å²) in [5.74, 6) is 3.04. The maximum absolute atomic E-state index is 4.51. The summed E-state index contributed by atoms with van der Waals surface area (Å²) >= 11 is 0. The molecule has 20 heavy (non-hydrogen) atoms. The first-order valence-electron chi connectivity index (χ1n) is 8.42. The van der Waals surface area contributed by atoms with Gasteiger partial charge >= 0.3 is 0 Å². The summed E-state index contributed by atoms with van der Waals surface area (Å²) in [6.07, 6.45) is 13.3. The molecule has 1 atom stereocenters. The van der Waals surface area contributed by atoms with Gasteiger partial charge in [0.25, 0.3) is 0 Å². The van der Waals surface area contributed by atoms with E-state index in [1.165, 1.54) is 44.1 Å². The molecule has 4 bridgehead atoms. The van der Waals surface area contributed by atoms with Gasteiger partial charge in [0.1, 0.15) is 0 Å². The Labute approximate surface area is 122 Å². The van der Waals surface area contributed by atoms with Crippen LogP contribution in [0.3, 0.4) is 0 Å². The zero-order chi connectivity index (χ0) is 13.7. The van der Waals surface area contributed by atoms with Crippen molar-refractivity contribution in [1.82, 2.24) is 15.1 Å². The monoisotopic (exact) mass is 273 g/mol. The number of nitrogens with zero attached hydrogens (tertiary/aromatic N) is 2. The van der Waals surface area contributed by atoms with Gasteiger partial charge in [0.15, 0.2) is 0 Å². The third-order valence-electron chi connectivity index (χ3n) is 6.30. The number of rotatable bonds is 4. The Bertz CT molecular complexity index is 455. The van der Waals surface area contributed by atoms with Crippen LogP contribution < -0.4 is 5.32 Å². The molecule has 0 aliphatic heterocycles. The summed E-state index contributed by atoms with van der Waals surface area (Å²) in [7, 11) is 2.15. The predicted octanol–water partition coefficient (Wildman–Crippen LogP) is 3.38. The lowest BCUT2D eigenvalue weighted by atomic mass is 9.47. The van der Waals surface area contributed by atoms with E-state index in [0.29, 0.717) is 11.5 Å². The topological polar surface area (TPSA) is 29.9 Å². The summed E-state index contributed by atoms with van der Waals surface area (Å²) in [6.45, 7) is 3.13. The van der Waals surface area contributed by atoms with E-state index in [2.05, 4.69) is 41.5 Å². The van der Waals surface area contributed by atoms with Crippen molar-refractivity contribution >= 4 is 0 Å². The molecule has 5 rings (SSSR count). The average molecular weight is 273 g/mol. The highest BCUT2D eigenvalue weighted by Crippen LogP contribution is 2.63. The molecule has 0 amide bonds. The Balaban J connectivity index is 1.66. The summed E-state index contributed by atoms with van der Waals surface area (Å²) in [4.78, 5) is 0. The van der Waals surface area contributed by atoms with Crippen LogP contribution in [0.25, 0.3) is 0 Å². The highest BCUT2D eigenvalue weighted by Gasteiger charge is 2.54. The molecule has 110 valence electrons. The number of aromatic nitrogens is 2. The van der Waals surface area contributed by atoms with E-state index < -0.39 is 0 Å². The molecule has 4 fully saturated rings. The van der Waals surface area contributed by atoms with Crippen LogP contribution in [0.5, 0.6) is 0 Å². The summed E-state index contributed by atoms with van der Waals surface area (Å²) < 4.78 is 2.07. The zero-order valence-electron chi connectivity index (χ0n) is 12.8. The molecule has 0 aromatic carbocycles. The predicted molar refractivity (Wildman–Crippen MR) is 80.3 cm³/mol. The molecule has 1 aromatic heterocycles. The van der Waals surface area contributed by atoms with Gasteiger partial charge in [-0.05, 0) is 75.7 Å². The first-order chi connectivity index (χ1) is 9.72. The van der Waals surface area contributed by atoms with Crippen molar-refractivity contribution in [1.29, 1.82) is 0 Å². The van der Waals surface area contributed by atoms with Crippen molar-refractivity contribution in [3.05, 3.63) is 18.0 Å². The Hall–Kier alpha value is -0.830. The molecule has 4 saturated carbocycles. The number of hydrogen-bond donors (Lipinski definition) is 1. The number of hydrogen-bond acceptors (Lipinski definition) is 2. The van der Waals surface area contributed by atoms with Gasteiger partial charge in [-0.3, -0.25) is 4.68 Å². The normalized spacial score (nSPS) is 40.2. The second-order valence-corrected chi connectivity index (χ2v) is 7.63. The van der Waals surface area contributed by atoms with E-state index in [1.54, 1.807) is 0 Å². The molecule has 1 heterocycles. The van der Waals surface area contributed by atoms with Crippen molar-refractivity contribution in [2.45, 2.75) is 58.0 Å². The van der Waals surface area contributed by atoms with E-state index in [9.17, 15) is 0 Å². The van der Waals surface area contributed by atoms with E-state index in [4.69, 9.17) is 0 Å². The average Bonchev–Trinajstić information content (AvgIpc) is 2.86. The van der Waals surface area contributed by atoms with Crippen LogP contribution in [-0.4, -0.2) is 16.8 Å². The maximum atomic E-state index is 4.51. The van der Waals surface area contributed by atoms with Gasteiger partial charge in [-0.2, -0.15) is 5.10 Å². The fourth-order valence-electron chi connectivity index (χ4n) is 6.06. The standard InChI is InChI=1S/C17H27N3/c1-3-20-11-15(10-19-20)16(18-2)17-7-12-4-13(8-17)6-14(5-12)9-17/h10-14,16,18H,3-9H2,1-2H3. The summed E-state index contributed by atoms with van der Waals surface area (Å²) in [5, 5.41) is 8.17. The minimum Gasteiger partial charge on any atom is -0.312 e. The van der Waals surface area contributed by atoms with Gasteiger partial charge < -0.3 is 5.32 Å². The second kappa shape index (κ2) is 4.59. The van der Waals surface area contributed by atoms with Crippen LogP contribution in [0.2, 0.25) is 0 Å². The highest BCUT2D eigenvalue weighted by atomic mass is 15.3. The van der Waals surface area contributed by atoms with Gasteiger partial charge in [-0.15, -0.1) is 0 Å². The molecule has 0 saturated heterocycles. The van der Waals surface area contributed by atoms with Crippen LogP contribution in [0.1, 0.15) is 57.1 Å². The fraction of sp³-hybridized carbons (Fsp3) is 0.824. The van der Waals surface area contributed by atoms with Crippen molar-refractivity contribution in [2.75, 3.05) is 7.05 Å². The third kappa shape index (κ3) is 1.86. The summed E-state index contributed by atoms with van der Waals surface area (Å²) in [6, 6.07) is 0.510. The quantitative estimate of drug-likeness (QED) is 0.911. The molecule has 0 spiro atoms. The van der Waals surface area contributed by atoms with Crippen LogP contribution in [0, 0.1) is 23.2 Å². The van der Waals surface area contributed by atoms with Crippen LogP contribution in [-0.2, 0) is 6.54 Å². The molecule has 3 heteroatoms. The molecule has 4 aliphatic rings. The van der Waals surface area contributed by atoms with Gasteiger partial charge in [-0.1, -0.05) is 0 Å². The molecule has 3 nitrogen and oxygen atoms in total. The minimum atomic E-state index is 0.510. The van der Waals surface area contributed by atoms with E-state index >= 15 is 0 Å². The molecule has 1 N–H and O–H groups in total. The minimum absolute atomic E-state index is 0.510. The van der Waals surface area contributed by atoms with Gasteiger partial charge in [0.2, 0.25) is 0 Å². The zero-order valence-corrected chi connectivity index (χ0v) is 12.8. The Morgan fingerprint density at radius 2 is 1.85 bits per heavy atom. The van der Waals surface area contributed by atoms with Crippen molar-refractivity contribution < 1.29 is 0 Å². The van der Waals surface area contributed by atoms with Gasteiger partial charge in [0, 0.05) is 24.3 Å². The lowest BCUT2D eigenvalue weighted by Gasteiger charge is -2.59. The Morgan fingerprint density at radius 3 is 2.30 bits per heavy atom. The Kier molecular flexibility index (Phi) is 2.95. The molecule has 1 aromatic rings. The lowest BCUT2D eigenvalue weighted by molar-refractivity contribution is -0.0736. The van der Waals surface area contributed by atoms with E-state index in [-0.39, 0.29) is 0 Å². The second-order valence-electron chi connectivity index (χ2n) is 7.63. The number of aryl methyl sites for hydroxylation is 1. The molecule has 4 aliphatic carbocycles. The third-order valence-corrected chi connectivity index (χ3v) is 6.30. The number of nitrogens with one attached hydrogen (secondary N) is 1. The SMILES string of the molecule is CCn1cc(C(NC)C23CC4CC(CC(C4)C2)C3)cn1. The highest BCUT2D eigenvalue weighted by molar-refractivity contribution is 5.18. The maximum Gasteiger partial charge on any atom is 0.0537 e. The first kappa shape index (κ1) is 12.9. The molecule has 0 radical (unpaired) electrons. The van der Waals surface area contributed by atoms with Crippen LogP contribution in [0.15, 0.2) is 12.4 Å². The lowest BCUT2D eigenvalue weighted by Crippen LogP contribution is -2.51. The fourth-order valence-corrected chi connectivity index (χ4v) is 6.06. The van der Waals surface area contributed by atoms with Crippen molar-refractivity contribution in [2.24, 2.45) is 23.2 Å². The van der Waals surface area contributed by atoms with Crippen LogP contribution in [0.4, 0.5) is 0 Å². The molecule has 1 unspecified atom stereocenters. The summed E-state index contributed by atoms with van der Waals surface area (Å²) in [5.41, 5.74) is 1.93. The molecular formula is C17H27N3. The van der Waals surface area contributed by atoms with Gasteiger partial charge in [0.05, 0.1) is 6.20 Å². The largest absolute Gasteiger partial charge is 0.312 e. The first-order valence-corrected chi connectivity index (χ1v) is 8.42. The smallest absolute Gasteiger partial charge is 0.0537 e.